The second-order valence-corrected chi connectivity index (χ2v) is 6.71. The lowest BCUT2D eigenvalue weighted by Gasteiger charge is -2.30. The second-order valence-electron chi connectivity index (χ2n) is 4.88. The molecule has 1 aliphatic heterocycles. The molecule has 1 unspecified atom stereocenters. The number of aliphatic carboxylic acids is 1. The van der Waals surface area contributed by atoms with Crippen LogP contribution in [0.4, 0.5) is 4.79 Å². The number of amides is 2. The Hall–Kier alpha value is -1.35. The highest BCUT2D eigenvalue weighted by Crippen LogP contribution is 2.16. The zero-order valence-corrected chi connectivity index (χ0v) is 12.3. The predicted octanol–water partition coefficient (Wildman–Crippen LogP) is -0.568. The minimum atomic E-state index is -3.20. The Bertz CT molecular complexity index is 451. The molecular weight excluding hydrogens is 286 g/mol. The van der Waals surface area contributed by atoms with Crippen LogP contribution in [0.5, 0.6) is 0 Å². The van der Waals surface area contributed by atoms with Gasteiger partial charge in [-0.15, -0.1) is 0 Å². The number of nitrogens with one attached hydrogen (secondary N) is 2. The summed E-state index contributed by atoms with van der Waals surface area (Å²) < 4.78 is 24.0. The number of hydrogen-bond acceptors (Lipinski definition) is 4. The van der Waals surface area contributed by atoms with Crippen molar-refractivity contribution in [2.75, 3.05) is 32.4 Å². The third-order valence-electron chi connectivity index (χ3n) is 3.05. The molecule has 1 saturated heterocycles. The number of carbonyl (C=O) groups excluding carboxylic acids is 1. The Balaban J connectivity index is 2.24. The van der Waals surface area contributed by atoms with Crippen molar-refractivity contribution in [2.24, 2.45) is 5.92 Å². The van der Waals surface area contributed by atoms with Gasteiger partial charge in [0.05, 0.1) is 12.2 Å². The van der Waals surface area contributed by atoms with Crippen molar-refractivity contribution in [3.8, 4) is 0 Å². The summed E-state index contributed by atoms with van der Waals surface area (Å²) in [6, 6.07) is -0.296. The van der Waals surface area contributed by atoms with Crippen LogP contribution in [0.1, 0.15) is 19.3 Å². The topological polar surface area (TPSA) is 116 Å². The summed E-state index contributed by atoms with van der Waals surface area (Å²) in [5, 5.41) is 11.6. The Labute approximate surface area is 118 Å². The first kappa shape index (κ1) is 16.7. The Morgan fingerprint density at radius 1 is 1.35 bits per heavy atom. The van der Waals surface area contributed by atoms with Crippen LogP contribution in [0, 0.1) is 5.92 Å². The van der Waals surface area contributed by atoms with Crippen LogP contribution >= 0.6 is 0 Å². The van der Waals surface area contributed by atoms with Crippen molar-refractivity contribution in [3.05, 3.63) is 0 Å². The average molecular weight is 307 g/mol. The molecule has 1 rings (SSSR count). The summed E-state index contributed by atoms with van der Waals surface area (Å²) in [4.78, 5) is 24.2. The lowest BCUT2D eigenvalue weighted by atomic mass is 9.99. The molecule has 2 amide bonds. The van der Waals surface area contributed by atoms with Crippen LogP contribution in [-0.2, 0) is 14.8 Å². The summed E-state index contributed by atoms with van der Waals surface area (Å²) in [6.45, 7) is 1.38. The highest BCUT2D eigenvalue weighted by Gasteiger charge is 2.27. The van der Waals surface area contributed by atoms with Crippen LogP contribution < -0.4 is 10.0 Å². The number of likely N-dealkylation sites (tertiary alicyclic amines) is 1. The summed E-state index contributed by atoms with van der Waals surface area (Å²) in [7, 11) is -3.20. The molecule has 0 spiro atoms. The summed E-state index contributed by atoms with van der Waals surface area (Å²) in [6.07, 6.45) is 2.83. The molecule has 0 aromatic rings. The minimum Gasteiger partial charge on any atom is -0.481 e. The normalized spacial score (nSPS) is 19.6. The number of sulfonamides is 1. The van der Waals surface area contributed by atoms with Crippen molar-refractivity contribution >= 4 is 22.0 Å². The van der Waals surface area contributed by atoms with Crippen LogP contribution in [0.3, 0.4) is 0 Å². The van der Waals surface area contributed by atoms with Gasteiger partial charge in [0.2, 0.25) is 10.0 Å². The van der Waals surface area contributed by atoms with Gasteiger partial charge < -0.3 is 15.3 Å². The van der Waals surface area contributed by atoms with Crippen LogP contribution in [0.2, 0.25) is 0 Å². The van der Waals surface area contributed by atoms with Crippen LogP contribution in [0.15, 0.2) is 0 Å². The first-order chi connectivity index (χ1) is 9.29. The van der Waals surface area contributed by atoms with E-state index in [0.717, 1.165) is 6.26 Å². The lowest BCUT2D eigenvalue weighted by Crippen LogP contribution is -2.47. The molecule has 1 fully saturated rings. The molecule has 3 N–H and O–H groups in total. The molecule has 1 heterocycles. The number of carbonyl (C=O) groups is 2. The smallest absolute Gasteiger partial charge is 0.317 e. The van der Waals surface area contributed by atoms with E-state index in [1.54, 1.807) is 0 Å². The second kappa shape index (κ2) is 7.44. The molecule has 8 nitrogen and oxygen atoms in total. The molecule has 0 aromatic heterocycles. The van der Waals surface area contributed by atoms with Crippen molar-refractivity contribution in [1.82, 2.24) is 14.9 Å². The van der Waals surface area contributed by atoms with E-state index < -0.39 is 21.9 Å². The number of hydrogen-bond donors (Lipinski definition) is 3. The number of rotatable bonds is 6. The van der Waals surface area contributed by atoms with Crippen LogP contribution in [0.25, 0.3) is 0 Å². The standard InChI is InChI=1S/C11H21N3O5S/c1-20(18,19)13-6-3-5-12-11(17)14-7-2-4-9(8-14)10(15)16/h9,13H,2-8H2,1H3,(H,12,17)(H,15,16). The number of nitrogens with zero attached hydrogens (tertiary/aromatic N) is 1. The average Bonchev–Trinajstić information content (AvgIpc) is 2.37. The molecule has 1 atom stereocenters. The van der Waals surface area contributed by atoms with E-state index >= 15 is 0 Å². The predicted molar refractivity (Wildman–Crippen MR) is 72.8 cm³/mol. The fraction of sp³-hybridized carbons (Fsp3) is 0.818. The van der Waals surface area contributed by atoms with Gasteiger partial charge in [0.25, 0.3) is 0 Å². The molecule has 0 bridgehead atoms. The van der Waals surface area contributed by atoms with E-state index in [0.29, 0.717) is 32.4 Å². The molecule has 9 heteroatoms. The van der Waals surface area contributed by atoms with Gasteiger partial charge in [-0.05, 0) is 19.3 Å². The van der Waals surface area contributed by atoms with Gasteiger partial charge >= 0.3 is 12.0 Å². The fourth-order valence-electron chi connectivity index (χ4n) is 2.02. The summed E-state index contributed by atoms with van der Waals surface area (Å²) in [5.74, 6) is -1.37. The maximum atomic E-state index is 11.8. The molecule has 0 aliphatic carbocycles. The fourth-order valence-corrected chi connectivity index (χ4v) is 2.53. The van der Waals surface area contributed by atoms with Gasteiger partial charge in [-0.3, -0.25) is 4.79 Å². The summed E-state index contributed by atoms with van der Waals surface area (Å²) >= 11 is 0. The molecule has 1 aliphatic rings. The zero-order chi connectivity index (χ0) is 15.2. The molecule has 20 heavy (non-hydrogen) atoms. The Morgan fingerprint density at radius 2 is 2.05 bits per heavy atom. The van der Waals surface area contributed by atoms with E-state index in [1.807, 2.05) is 0 Å². The van der Waals surface area contributed by atoms with Crippen molar-refractivity contribution < 1.29 is 23.1 Å². The first-order valence-electron chi connectivity index (χ1n) is 6.50. The van der Waals surface area contributed by atoms with E-state index in [2.05, 4.69) is 10.0 Å². The maximum absolute atomic E-state index is 11.8. The van der Waals surface area contributed by atoms with Crippen molar-refractivity contribution in [3.63, 3.8) is 0 Å². The van der Waals surface area contributed by atoms with Gasteiger partial charge in [0.1, 0.15) is 0 Å². The van der Waals surface area contributed by atoms with Gasteiger partial charge in [0, 0.05) is 26.2 Å². The van der Waals surface area contributed by atoms with E-state index in [4.69, 9.17) is 5.11 Å². The van der Waals surface area contributed by atoms with Gasteiger partial charge in [-0.25, -0.2) is 17.9 Å². The van der Waals surface area contributed by atoms with E-state index in [1.165, 1.54) is 4.90 Å². The maximum Gasteiger partial charge on any atom is 0.317 e. The molecule has 0 radical (unpaired) electrons. The molecule has 0 saturated carbocycles. The van der Waals surface area contributed by atoms with Gasteiger partial charge in [-0.1, -0.05) is 0 Å². The van der Waals surface area contributed by atoms with E-state index in [-0.39, 0.29) is 19.1 Å². The highest BCUT2D eigenvalue weighted by atomic mass is 32.2. The van der Waals surface area contributed by atoms with E-state index in [9.17, 15) is 18.0 Å². The monoisotopic (exact) mass is 307 g/mol. The first-order valence-corrected chi connectivity index (χ1v) is 8.39. The number of piperidine rings is 1. The van der Waals surface area contributed by atoms with Gasteiger partial charge in [0.15, 0.2) is 0 Å². The SMILES string of the molecule is CS(=O)(=O)NCCCNC(=O)N1CCCC(C(=O)O)C1. The Morgan fingerprint density at radius 3 is 2.65 bits per heavy atom. The number of carboxylic acids is 1. The third-order valence-corrected chi connectivity index (χ3v) is 3.78. The quantitative estimate of drug-likeness (QED) is 0.568. The van der Waals surface area contributed by atoms with Crippen molar-refractivity contribution in [1.29, 1.82) is 0 Å². The lowest BCUT2D eigenvalue weighted by molar-refractivity contribution is -0.143. The zero-order valence-electron chi connectivity index (χ0n) is 11.5. The largest absolute Gasteiger partial charge is 0.481 e. The van der Waals surface area contributed by atoms with Crippen LogP contribution in [-0.4, -0.2) is 62.9 Å². The summed E-state index contributed by atoms with van der Waals surface area (Å²) in [5.41, 5.74) is 0. The van der Waals surface area contributed by atoms with Crippen molar-refractivity contribution in [2.45, 2.75) is 19.3 Å². The molecule has 116 valence electrons. The number of carboxylic acid groups (broad SMARTS) is 1. The number of urea groups is 1. The molecule has 0 aromatic carbocycles. The Kier molecular flexibility index (Phi) is 6.21. The minimum absolute atomic E-state index is 0.225. The highest BCUT2D eigenvalue weighted by molar-refractivity contribution is 7.88. The molecular formula is C11H21N3O5S. The third kappa shape index (κ3) is 6.20. The van der Waals surface area contributed by atoms with Gasteiger partial charge in [-0.2, -0.15) is 0 Å².